The standard InChI is InChI=1S/C13H20F3NO2/c1-7-5-8(9(17)6-7)10(13(14,15)16)11(18)19-12(2,3)4/h7,9H,5-6,17H2,1-4H3/b10-8-/t7-,9-/m0/s1. The summed E-state index contributed by atoms with van der Waals surface area (Å²) in [5.41, 5.74) is 3.48. The molecule has 6 heteroatoms. The van der Waals surface area contributed by atoms with Gasteiger partial charge in [-0.25, -0.2) is 4.79 Å². The highest BCUT2D eigenvalue weighted by molar-refractivity contribution is 5.91. The first kappa shape index (κ1) is 16.0. The highest BCUT2D eigenvalue weighted by Gasteiger charge is 2.45. The Labute approximate surface area is 111 Å². The summed E-state index contributed by atoms with van der Waals surface area (Å²) in [4.78, 5) is 11.8. The smallest absolute Gasteiger partial charge is 0.423 e. The number of hydrogen-bond donors (Lipinski definition) is 1. The van der Waals surface area contributed by atoms with Crippen molar-refractivity contribution >= 4 is 5.97 Å². The molecule has 0 bridgehead atoms. The molecule has 1 rings (SSSR count). The number of carbonyl (C=O) groups excluding carboxylic acids is 1. The molecule has 0 aromatic carbocycles. The van der Waals surface area contributed by atoms with Gasteiger partial charge in [0.2, 0.25) is 0 Å². The molecule has 0 heterocycles. The summed E-state index contributed by atoms with van der Waals surface area (Å²) < 4.78 is 44.1. The van der Waals surface area contributed by atoms with Crippen LogP contribution in [-0.4, -0.2) is 23.8 Å². The molecule has 0 aliphatic heterocycles. The monoisotopic (exact) mass is 279 g/mol. The van der Waals surface area contributed by atoms with Crippen LogP contribution in [0, 0.1) is 5.92 Å². The normalized spacial score (nSPS) is 27.4. The van der Waals surface area contributed by atoms with E-state index in [1.165, 1.54) is 20.8 Å². The topological polar surface area (TPSA) is 52.3 Å². The van der Waals surface area contributed by atoms with E-state index in [4.69, 9.17) is 10.5 Å². The van der Waals surface area contributed by atoms with Crippen LogP contribution in [0.3, 0.4) is 0 Å². The summed E-state index contributed by atoms with van der Waals surface area (Å²) in [5.74, 6) is -1.29. The molecule has 1 fully saturated rings. The average molecular weight is 279 g/mol. The van der Waals surface area contributed by atoms with E-state index in [0.29, 0.717) is 6.42 Å². The fraction of sp³-hybridized carbons (Fsp3) is 0.769. The molecule has 19 heavy (non-hydrogen) atoms. The van der Waals surface area contributed by atoms with Crippen LogP contribution in [0.2, 0.25) is 0 Å². The first-order valence-corrected chi connectivity index (χ1v) is 6.21. The minimum atomic E-state index is -4.74. The van der Waals surface area contributed by atoms with E-state index in [-0.39, 0.29) is 17.9 Å². The van der Waals surface area contributed by atoms with Crippen molar-refractivity contribution in [2.24, 2.45) is 11.7 Å². The second-order valence-corrected chi connectivity index (χ2v) is 6.05. The Morgan fingerprint density at radius 2 is 1.84 bits per heavy atom. The van der Waals surface area contributed by atoms with Gasteiger partial charge < -0.3 is 10.5 Å². The van der Waals surface area contributed by atoms with E-state index in [1.807, 2.05) is 6.92 Å². The average Bonchev–Trinajstić information content (AvgIpc) is 2.39. The van der Waals surface area contributed by atoms with Crippen molar-refractivity contribution in [3.8, 4) is 0 Å². The van der Waals surface area contributed by atoms with Crippen molar-refractivity contribution in [1.82, 2.24) is 0 Å². The van der Waals surface area contributed by atoms with Gasteiger partial charge in [-0.3, -0.25) is 0 Å². The van der Waals surface area contributed by atoms with Crippen molar-refractivity contribution in [1.29, 1.82) is 0 Å². The molecule has 3 nitrogen and oxygen atoms in total. The van der Waals surface area contributed by atoms with Crippen molar-refractivity contribution in [3.63, 3.8) is 0 Å². The second-order valence-electron chi connectivity index (χ2n) is 6.05. The van der Waals surface area contributed by atoms with Gasteiger partial charge in [0, 0.05) is 6.04 Å². The highest BCUT2D eigenvalue weighted by atomic mass is 19.4. The van der Waals surface area contributed by atoms with E-state index in [9.17, 15) is 18.0 Å². The third kappa shape index (κ3) is 4.23. The number of alkyl halides is 3. The van der Waals surface area contributed by atoms with Crippen LogP contribution >= 0.6 is 0 Å². The zero-order valence-corrected chi connectivity index (χ0v) is 11.6. The van der Waals surface area contributed by atoms with Gasteiger partial charge in [0.25, 0.3) is 0 Å². The van der Waals surface area contributed by atoms with Crippen LogP contribution < -0.4 is 5.73 Å². The highest BCUT2D eigenvalue weighted by Crippen LogP contribution is 2.38. The summed E-state index contributed by atoms with van der Waals surface area (Å²) in [5, 5.41) is 0. The Kier molecular flexibility index (Phi) is 4.34. The van der Waals surface area contributed by atoms with Crippen LogP contribution in [0.25, 0.3) is 0 Å². The molecule has 0 aromatic rings. The molecule has 0 amide bonds. The molecule has 2 atom stereocenters. The molecule has 0 unspecified atom stereocenters. The van der Waals surface area contributed by atoms with Crippen LogP contribution in [0.15, 0.2) is 11.1 Å². The SMILES string of the molecule is C[C@H]1C/C(=C(\C(=O)OC(C)(C)C)C(F)(F)F)[C@@H](N)C1. The second kappa shape index (κ2) is 5.15. The van der Waals surface area contributed by atoms with Crippen molar-refractivity contribution in [3.05, 3.63) is 11.1 Å². The van der Waals surface area contributed by atoms with Crippen LogP contribution in [-0.2, 0) is 9.53 Å². The van der Waals surface area contributed by atoms with Gasteiger partial charge in [0.05, 0.1) is 0 Å². The number of esters is 1. The molecule has 1 saturated carbocycles. The van der Waals surface area contributed by atoms with Crippen molar-refractivity contribution in [2.75, 3.05) is 0 Å². The first-order valence-electron chi connectivity index (χ1n) is 6.21. The minimum Gasteiger partial charge on any atom is -0.456 e. The Morgan fingerprint density at radius 1 is 1.32 bits per heavy atom. The lowest BCUT2D eigenvalue weighted by atomic mass is 10.0. The fourth-order valence-corrected chi connectivity index (χ4v) is 2.23. The maximum absolute atomic E-state index is 13.1. The van der Waals surface area contributed by atoms with Gasteiger partial charge in [-0.2, -0.15) is 13.2 Å². The number of carbonyl (C=O) groups is 1. The zero-order chi connectivity index (χ0) is 15.0. The lowest BCUT2D eigenvalue weighted by molar-refractivity contribution is -0.161. The molecular weight excluding hydrogens is 259 g/mol. The molecule has 0 radical (unpaired) electrons. The van der Waals surface area contributed by atoms with Gasteiger partial charge >= 0.3 is 12.1 Å². The predicted octanol–water partition coefficient (Wildman–Crippen LogP) is 2.94. The maximum atomic E-state index is 13.1. The molecule has 0 aromatic heterocycles. The molecule has 1 aliphatic rings. The lowest BCUT2D eigenvalue weighted by Crippen LogP contribution is -2.33. The van der Waals surface area contributed by atoms with Crippen molar-refractivity contribution in [2.45, 2.75) is 58.4 Å². The van der Waals surface area contributed by atoms with E-state index < -0.39 is 29.4 Å². The number of rotatable bonds is 1. The Balaban J connectivity index is 3.17. The summed E-state index contributed by atoms with van der Waals surface area (Å²) in [6, 6.07) is -0.723. The summed E-state index contributed by atoms with van der Waals surface area (Å²) in [6.45, 7) is 6.40. The largest absolute Gasteiger partial charge is 0.456 e. The fourth-order valence-electron chi connectivity index (χ4n) is 2.23. The maximum Gasteiger partial charge on any atom is 0.423 e. The molecular formula is C13H20F3NO2. The van der Waals surface area contributed by atoms with E-state index >= 15 is 0 Å². The predicted molar refractivity (Wildman–Crippen MR) is 65.3 cm³/mol. The molecule has 110 valence electrons. The van der Waals surface area contributed by atoms with E-state index in [2.05, 4.69) is 0 Å². The first-order chi connectivity index (χ1) is 8.42. The third-order valence-corrected chi connectivity index (χ3v) is 2.88. The van der Waals surface area contributed by atoms with Gasteiger partial charge in [-0.1, -0.05) is 6.92 Å². The van der Waals surface area contributed by atoms with Crippen LogP contribution in [0.4, 0.5) is 13.2 Å². The lowest BCUT2D eigenvalue weighted by Gasteiger charge is -2.23. The minimum absolute atomic E-state index is 0.0331. The zero-order valence-electron chi connectivity index (χ0n) is 11.6. The Morgan fingerprint density at radius 3 is 2.16 bits per heavy atom. The summed E-state index contributed by atoms with van der Waals surface area (Å²) >= 11 is 0. The molecule has 1 aliphatic carbocycles. The molecule has 0 spiro atoms. The van der Waals surface area contributed by atoms with Gasteiger partial charge in [-0.05, 0) is 45.1 Å². The van der Waals surface area contributed by atoms with Crippen molar-refractivity contribution < 1.29 is 22.7 Å². The summed E-state index contributed by atoms with van der Waals surface area (Å²) in [7, 11) is 0. The van der Waals surface area contributed by atoms with Crippen LogP contribution in [0.1, 0.15) is 40.5 Å². The van der Waals surface area contributed by atoms with Gasteiger partial charge in [0.15, 0.2) is 0 Å². The third-order valence-electron chi connectivity index (χ3n) is 2.88. The van der Waals surface area contributed by atoms with Crippen LogP contribution in [0.5, 0.6) is 0 Å². The summed E-state index contributed by atoms with van der Waals surface area (Å²) in [6.07, 6.45) is -4.09. The quantitative estimate of drug-likeness (QED) is 0.593. The Bertz CT molecular complexity index is 394. The van der Waals surface area contributed by atoms with E-state index in [0.717, 1.165) is 0 Å². The van der Waals surface area contributed by atoms with E-state index in [1.54, 1.807) is 0 Å². The molecule has 0 saturated heterocycles. The van der Waals surface area contributed by atoms with Gasteiger partial charge in [-0.15, -0.1) is 0 Å². The molecule has 2 N–H and O–H groups in total. The number of nitrogens with two attached hydrogens (primary N) is 1. The number of ether oxygens (including phenoxy) is 1. The number of halogens is 3. The number of hydrogen-bond acceptors (Lipinski definition) is 3. The Hall–Kier alpha value is -1.04. The van der Waals surface area contributed by atoms with Gasteiger partial charge in [0.1, 0.15) is 11.2 Å².